The number of nitrogens with zero attached hydrogens (tertiary/aromatic N) is 3. The number of H-pyrrole nitrogens is 1. The molecule has 1 aromatic heterocycles. The Morgan fingerprint density at radius 1 is 1.22 bits per heavy atom. The van der Waals surface area contributed by atoms with Gasteiger partial charge >= 0.3 is 0 Å². The second kappa shape index (κ2) is 7.13. The third kappa shape index (κ3) is 3.27. The molecular formula is C21H28N4OS. The monoisotopic (exact) mass is 384 g/mol. The van der Waals surface area contributed by atoms with Gasteiger partial charge in [-0.25, -0.2) is 0 Å². The largest absolute Gasteiger partial charge is 0.370 e. The number of rotatable bonds is 4. The van der Waals surface area contributed by atoms with Crippen molar-refractivity contribution in [2.24, 2.45) is 5.92 Å². The van der Waals surface area contributed by atoms with E-state index in [1.165, 1.54) is 30.0 Å². The molecule has 3 fully saturated rings. The summed E-state index contributed by atoms with van der Waals surface area (Å²) in [5.74, 6) is 3.07. The normalized spacial score (nSPS) is 28.8. The molecule has 4 heterocycles. The second-order valence-electron chi connectivity index (χ2n) is 8.42. The Kier molecular flexibility index (Phi) is 4.64. The molecule has 2 atom stereocenters. The first-order chi connectivity index (χ1) is 13.2. The van der Waals surface area contributed by atoms with Crippen molar-refractivity contribution in [1.29, 1.82) is 0 Å². The predicted octanol–water partition coefficient (Wildman–Crippen LogP) is 3.56. The van der Waals surface area contributed by atoms with Crippen LogP contribution in [0, 0.1) is 5.92 Å². The third-order valence-corrected chi connectivity index (χ3v) is 7.80. The van der Waals surface area contributed by atoms with Crippen LogP contribution in [-0.4, -0.2) is 64.6 Å². The van der Waals surface area contributed by atoms with Crippen LogP contribution in [0.15, 0.2) is 18.2 Å². The molecule has 5 nitrogen and oxygen atoms in total. The highest BCUT2D eigenvalue weighted by atomic mass is 32.2. The van der Waals surface area contributed by atoms with Crippen molar-refractivity contribution in [3.05, 3.63) is 23.9 Å². The van der Waals surface area contributed by atoms with Gasteiger partial charge in [-0.15, -0.1) is 0 Å². The van der Waals surface area contributed by atoms with Gasteiger partial charge in [-0.05, 0) is 56.8 Å². The molecule has 3 aliphatic rings. The van der Waals surface area contributed by atoms with Gasteiger partial charge in [-0.1, -0.05) is 0 Å². The Hall–Kier alpha value is -1.53. The summed E-state index contributed by atoms with van der Waals surface area (Å²) in [6.07, 6.45) is 5.57. The van der Waals surface area contributed by atoms with Crippen LogP contribution in [0.3, 0.4) is 0 Å². The molecule has 0 radical (unpaired) electrons. The number of piperidine rings is 1. The number of thioether (sulfide) groups is 1. The number of hydrogen-bond acceptors (Lipinski definition) is 5. The minimum atomic E-state index is 0.210. The fourth-order valence-corrected chi connectivity index (χ4v) is 6.19. The summed E-state index contributed by atoms with van der Waals surface area (Å²) in [5, 5.41) is 8.47. The van der Waals surface area contributed by atoms with Crippen LogP contribution >= 0.6 is 11.8 Å². The number of carbonyl (C=O) groups excluding carboxylic acids is 1. The van der Waals surface area contributed by atoms with Gasteiger partial charge < -0.3 is 9.80 Å². The maximum absolute atomic E-state index is 13.1. The first-order valence-corrected chi connectivity index (χ1v) is 11.4. The number of hydrogen-bond donors (Lipinski definition) is 1. The summed E-state index contributed by atoms with van der Waals surface area (Å²) < 4.78 is 0. The van der Waals surface area contributed by atoms with E-state index in [-0.39, 0.29) is 5.78 Å². The molecule has 0 spiro atoms. The van der Waals surface area contributed by atoms with E-state index in [9.17, 15) is 4.79 Å². The van der Waals surface area contributed by atoms with Crippen LogP contribution in [0.25, 0.3) is 10.9 Å². The number of Topliss-reactive ketones (excluding diaryl/α,β-unsaturated/α-hetero) is 1. The fraction of sp³-hybridized carbons (Fsp3) is 0.619. The molecular weight excluding hydrogens is 356 g/mol. The Balaban J connectivity index is 1.35. The van der Waals surface area contributed by atoms with Gasteiger partial charge in [0.2, 0.25) is 0 Å². The minimum absolute atomic E-state index is 0.210. The summed E-state index contributed by atoms with van der Waals surface area (Å²) in [4.78, 5) is 18.0. The van der Waals surface area contributed by atoms with Crippen LogP contribution in [0.5, 0.6) is 0 Å². The van der Waals surface area contributed by atoms with Gasteiger partial charge in [-0.3, -0.25) is 9.89 Å². The number of benzene rings is 1. The summed E-state index contributed by atoms with van der Waals surface area (Å²) in [6.45, 7) is 2.16. The lowest BCUT2D eigenvalue weighted by molar-refractivity contribution is 0.0879. The highest BCUT2D eigenvalue weighted by molar-refractivity contribution is 7.99. The Morgan fingerprint density at radius 3 is 2.70 bits per heavy atom. The number of ketones is 1. The van der Waals surface area contributed by atoms with Crippen LogP contribution < -0.4 is 4.90 Å². The molecule has 0 aliphatic carbocycles. The first-order valence-electron chi connectivity index (χ1n) is 10.2. The van der Waals surface area contributed by atoms with Crippen LogP contribution in [0.2, 0.25) is 0 Å². The number of carbonyl (C=O) groups is 1. The standard InChI is InChI=1S/C21H28N4OS/c1-24-15-2-3-16(24)11-14(10-15)12-20(26)21-18-13-17(4-5-19(18)22-23-21)25-6-8-27-9-7-25/h4-5,13-16H,2-3,6-12H2,1H3,(H,22,23). The third-order valence-electron chi connectivity index (χ3n) is 6.86. The molecule has 2 aromatic rings. The smallest absolute Gasteiger partial charge is 0.183 e. The van der Waals surface area contributed by atoms with Gasteiger partial charge in [0.25, 0.3) is 0 Å². The molecule has 2 unspecified atom stereocenters. The molecule has 144 valence electrons. The zero-order valence-electron chi connectivity index (χ0n) is 16.0. The number of anilines is 1. The predicted molar refractivity (Wildman–Crippen MR) is 112 cm³/mol. The first kappa shape index (κ1) is 17.6. The summed E-state index contributed by atoms with van der Waals surface area (Å²) in [6, 6.07) is 7.76. The van der Waals surface area contributed by atoms with Crippen LogP contribution in [0.1, 0.15) is 42.6 Å². The average Bonchev–Trinajstić information content (AvgIpc) is 3.19. The molecule has 1 N–H and O–H groups in total. The Bertz CT molecular complexity index is 830. The van der Waals surface area contributed by atoms with Crippen LogP contribution in [0.4, 0.5) is 5.69 Å². The van der Waals surface area contributed by atoms with E-state index >= 15 is 0 Å². The van der Waals surface area contributed by atoms with E-state index < -0.39 is 0 Å². The van der Waals surface area contributed by atoms with E-state index in [0.29, 0.717) is 30.1 Å². The van der Waals surface area contributed by atoms with Gasteiger partial charge in [0.15, 0.2) is 5.78 Å². The molecule has 27 heavy (non-hydrogen) atoms. The molecule has 2 bridgehead atoms. The minimum Gasteiger partial charge on any atom is -0.370 e. The summed E-state index contributed by atoms with van der Waals surface area (Å²) >= 11 is 2.01. The SMILES string of the molecule is CN1C2CCC1CC(CC(=O)c1n[nH]c3ccc(N4CCSCC4)cc13)C2. The van der Waals surface area contributed by atoms with Gasteiger partial charge in [0.05, 0.1) is 5.52 Å². The van der Waals surface area contributed by atoms with E-state index in [0.717, 1.165) is 36.8 Å². The van der Waals surface area contributed by atoms with Crippen molar-refractivity contribution in [2.45, 2.75) is 44.2 Å². The number of nitrogens with one attached hydrogen (secondary N) is 1. The van der Waals surface area contributed by atoms with E-state index in [4.69, 9.17) is 0 Å². The maximum Gasteiger partial charge on any atom is 0.183 e. The van der Waals surface area contributed by atoms with Gasteiger partial charge in [-0.2, -0.15) is 16.9 Å². The number of aromatic nitrogens is 2. The molecule has 1 aromatic carbocycles. The number of fused-ring (bicyclic) bond motifs is 3. The fourth-order valence-electron chi connectivity index (χ4n) is 5.28. The average molecular weight is 385 g/mol. The molecule has 3 aliphatic heterocycles. The van der Waals surface area contributed by atoms with E-state index in [2.05, 4.69) is 45.2 Å². The molecule has 3 saturated heterocycles. The number of aromatic amines is 1. The lowest BCUT2D eigenvalue weighted by atomic mass is 9.86. The van der Waals surface area contributed by atoms with Crippen molar-refractivity contribution >= 4 is 34.1 Å². The van der Waals surface area contributed by atoms with Crippen molar-refractivity contribution in [3.63, 3.8) is 0 Å². The van der Waals surface area contributed by atoms with Crippen molar-refractivity contribution < 1.29 is 4.79 Å². The quantitative estimate of drug-likeness (QED) is 0.817. The molecule has 6 heteroatoms. The lowest BCUT2D eigenvalue weighted by Gasteiger charge is -2.36. The van der Waals surface area contributed by atoms with E-state index in [1.54, 1.807) is 0 Å². The molecule has 0 saturated carbocycles. The van der Waals surface area contributed by atoms with E-state index in [1.807, 2.05) is 11.8 Å². The van der Waals surface area contributed by atoms with Crippen molar-refractivity contribution in [1.82, 2.24) is 15.1 Å². The zero-order valence-corrected chi connectivity index (χ0v) is 16.8. The van der Waals surface area contributed by atoms with Crippen molar-refractivity contribution in [3.8, 4) is 0 Å². The second-order valence-corrected chi connectivity index (χ2v) is 9.64. The Labute approximate surface area is 164 Å². The van der Waals surface area contributed by atoms with Gasteiger partial charge in [0.1, 0.15) is 5.69 Å². The maximum atomic E-state index is 13.1. The van der Waals surface area contributed by atoms with Crippen LogP contribution in [-0.2, 0) is 0 Å². The lowest BCUT2D eigenvalue weighted by Crippen LogP contribution is -2.40. The zero-order chi connectivity index (χ0) is 18.4. The van der Waals surface area contributed by atoms with Gasteiger partial charge in [0, 0.05) is 54.2 Å². The topological polar surface area (TPSA) is 52.2 Å². The highest BCUT2D eigenvalue weighted by Crippen LogP contribution is 2.39. The summed E-state index contributed by atoms with van der Waals surface area (Å²) in [5.41, 5.74) is 2.83. The van der Waals surface area contributed by atoms with Crippen molar-refractivity contribution in [2.75, 3.05) is 36.5 Å². The highest BCUT2D eigenvalue weighted by Gasteiger charge is 2.39. The summed E-state index contributed by atoms with van der Waals surface area (Å²) in [7, 11) is 2.25. The molecule has 5 rings (SSSR count). The Morgan fingerprint density at radius 2 is 1.96 bits per heavy atom. The molecule has 0 amide bonds.